The molecule has 0 amide bonds. The van der Waals surface area contributed by atoms with Crippen molar-refractivity contribution in [3.8, 4) is 0 Å². The number of hydrogen-bond donors (Lipinski definition) is 0. The summed E-state index contributed by atoms with van der Waals surface area (Å²) < 4.78 is 5.63. The van der Waals surface area contributed by atoms with Crippen molar-refractivity contribution < 1.29 is 4.74 Å². The number of rotatable bonds is 5. The number of morpholine rings is 1. The second kappa shape index (κ2) is 10.3. The zero-order valence-electron chi connectivity index (χ0n) is 20.5. The van der Waals surface area contributed by atoms with Gasteiger partial charge < -0.3 is 14.5 Å². The average Bonchev–Trinajstić information content (AvgIpc) is 3.56. The van der Waals surface area contributed by atoms with Crippen molar-refractivity contribution in [2.45, 2.75) is 70.1 Å². The van der Waals surface area contributed by atoms with Crippen LogP contribution in [0.1, 0.15) is 75.7 Å². The first kappa shape index (κ1) is 23.8. The molecule has 3 aliphatic carbocycles. The van der Waals surface area contributed by atoms with Gasteiger partial charge in [0.25, 0.3) is 0 Å². The Balaban J connectivity index is 0.00000228. The molecule has 0 atom stereocenters. The van der Waals surface area contributed by atoms with Gasteiger partial charge in [-0.2, -0.15) is 0 Å². The van der Waals surface area contributed by atoms with E-state index in [1.807, 2.05) is 0 Å². The van der Waals surface area contributed by atoms with E-state index in [1.54, 1.807) is 11.3 Å². The van der Waals surface area contributed by atoms with Crippen LogP contribution >= 0.6 is 12.4 Å². The molecule has 4 nitrogen and oxygen atoms in total. The zero-order valence-corrected chi connectivity index (χ0v) is 21.3. The summed E-state index contributed by atoms with van der Waals surface area (Å²) in [7, 11) is 0. The molecule has 1 spiro atoms. The third-order valence-electron chi connectivity index (χ3n) is 9.46. The predicted molar refractivity (Wildman–Crippen MR) is 140 cm³/mol. The molecule has 3 saturated carbocycles. The maximum absolute atomic E-state index is 5.63. The average molecular weight is 474 g/mol. The Bertz CT molecular complexity index is 767. The molecule has 6 rings (SSSR count). The molecule has 0 unspecified atom stereocenters. The van der Waals surface area contributed by atoms with Gasteiger partial charge in [0, 0.05) is 57.2 Å². The van der Waals surface area contributed by atoms with E-state index in [9.17, 15) is 0 Å². The van der Waals surface area contributed by atoms with Gasteiger partial charge in [-0.25, -0.2) is 0 Å². The Morgan fingerprint density at radius 2 is 1.48 bits per heavy atom. The lowest BCUT2D eigenvalue weighted by Crippen LogP contribution is -2.47. The smallest absolute Gasteiger partial charge is 0.0642 e. The standard InChI is InChI=1S/C28H43N3O.ClH/c1-2-10-28(9-1)11-7-24(8-12-28)26-21-25(30-17-19-32-20-18-30)5-6-27(26)31-15-13-29(14-16-31)22-23-3-4-23;/h5-6,21,23-24H,1-4,7-20,22H2;1H. The van der Waals surface area contributed by atoms with Gasteiger partial charge in [-0.05, 0) is 92.4 Å². The third-order valence-corrected chi connectivity index (χ3v) is 9.46. The molecule has 0 bridgehead atoms. The van der Waals surface area contributed by atoms with Gasteiger partial charge in [0.05, 0.1) is 13.2 Å². The number of ether oxygens (including phenoxy) is 1. The van der Waals surface area contributed by atoms with E-state index in [0.717, 1.165) is 38.1 Å². The second-order valence-electron chi connectivity index (χ2n) is 11.6. The Kier molecular flexibility index (Phi) is 7.44. The number of benzene rings is 1. The van der Waals surface area contributed by atoms with E-state index in [2.05, 4.69) is 32.9 Å². The number of hydrogen-bond acceptors (Lipinski definition) is 4. The van der Waals surface area contributed by atoms with Crippen molar-refractivity contribution in [1.82, 2.24) is 4.90 Å². The lowest BCUT2D eigenvalue weighted by atomic mass is 9.68. The fraction of sp³-hybridized carbons (Fsp3) is 0.786. The predicted octanol–water partition coefficient (Wildman–Crippen LogP) is 5.70. The van der Waals surface area contributed by atoms with E-state index in [1.165, 1.54) is 103 Å². The normalized spacial score (nSPS) is 26.5. The highest BCUT2D eigenvalue weighted by Crippen LogP contribution is 2.53. The van der Waals surface area contributed by atoms with Gasteiger partial charge in [-0.1, -0.05) is 12.8 Å². The highest BCUT2D eigenvalue weighted by molar-refractivity contribution is 5.85. The van der Waals surface area contributed by atoms with E-state index in [4.69, 9.17) is 4.74 Å². The molecule has 2 saturated heterocycles. The molecule has 0 radical (unpaired) electrons. The summed E-state index contributed by atoms with van der Waals surface area (Å²) in [5, 5.41) is 0. The Morgan fingerprint density at radius 1 is 0.788 bits per heavy atom. The van der Waals surface area contributed by atoms with Gasteiger partial charge in [0.1, 0.15) is 0 Å². The van der Waals surface area contributed by atoms with Crippen LogP contribution in [-0.2, 0) is 4.74 Å². The van der Waals surface area contributed by atoms with E-state index < -0.39 is 0 Å². The van der Waals surface area contributed by atoms with Crippen LogP contribution in [0.2, 0.25) is 0 Å². The van der Waals surface area contributed by atoms with Gasteiger partial charge in [0.2, 0.25) is 0 Å². The third kappa shape index (κ3) is 5.33. The molecule has 5 aliphatic rings. The summed E-state index contributed by atoms with van der Waals surface area (Å²) in [6.45, 7) is 10.0. The molecule has 2 aliphatic heterocycles. The first-order valence-electron chi connectivity index (χ1n) is 13.7. The molecular formula is C28H44ClN3O. The highest BCUT2D eigenvalue weighted by atomic mass is 35.5. The number of piperazine rings is 1. The summed E-state index contributed by atoms with van der Waals surface area (Å²) in [6.07, 6.45) is 14.6. The van der Waals surface area contributed by atoms with Crippen molar-refractivity contribution in [3.63, 3.8) is 0 Å². The Morgan fingerprint density at radius 3 is 2.15 bits per heavy atom. The summed E-state index contributed by atoms with van der Waals surface area (Å²) in [5.41, 5.74) is 5.37. The zero-order chi connectivity index (χ0) is 21.4. The number of halogens is 1. The molecule has 184 valence electrons. The number of anilines is 2. The van der Waals surface area contributed by atoms with Gasteiger partial charge in [-0.15, -0.1) is 12.4 Å². The van der Waals surface area contributed by atoms with E-state index in [0.29, 0.717) is 5.41 Å². The molecule has 5 heteroatoms. The van der Waals surface area contributed by atoms with Crippen molar-refractivity contribution in [1.29, 1.82) is 0 Å². The maximum atomic E-state index is 5.63. The molecule has 1 aromatic carbocycles. The van der Waals surface area contributed by atoms with Crippen LogP contribution in [0, 0.1) is 11.3 Å². The van der Waals surface area contributed by atoms with Crippen LogP contribution in [-0.4, -0.2) is 63.9 Å². The Labute approximate surface area is 207 Å². The van der Waals surface area contributed by atoms with Crippen LogP contribution in [0.4, 0.5) is 11.4 Å². The fourth-order valence-electron chi connectivity index (χ4n) is 7.18. The minimum atomic E-state index is 0. The van der Waals surface area contributed by atoms with E-state index >= 15 is 0 Å². The van der Waals surface area contributed by atoms with Gasteiger partial charge >= 0.3 is 0 Å². The summed E-state index contributed by atoms with van der Waals surface area (Å²) in [6, 6.07) is 7.48. The summed E-state index contributed by atoms with van der Waals surface area (Å²) in [4.78, 5) is 7.99. The maximum Gasteiger partial charge on any atom is 0.0642 e. The van der Waals surface area contributed by atoms with Crippen LogP contribution in [0.15, 0.2) is 18.2 Å². The largest absolute Gasteiger partial charge is 0.378 e. The lowest BCUT2D eigenvalue weighted by molar-refractivity contribution is 0.122. The minimum Gasteiger partial charge on any atom is -0.378 e. The van der Waals surface area contributed by atoms with Crippen LogP contribution in [0.5, 0.6) is 0 Å². The second-order valence-corrected chi connectivity index (χ2v) is 11.6. The molecular weight excluding hydrogens is 430 g/mol. The minimum absolute atomic E-state index is 0. The summed E-state index contributed by atoms with van der Waals surface area (Å²) in [5.74, 6) is 1.76. The first-order valence-corrected chi connectivity index (χ1v) is 13.7. The molecule has 5 fully saturated rings. The number of nitrogens with zero attached hydrogens (tertiary/aromatic N) is 3. The SMILES string of the molecule is Cl.c1cc(N2CCN(CC3CC3)CC2)c(C2CCC3(CCCC3)CC2)cc1N1CCOCC1. The monoisotopic (exact) mass is 473 g/mol. The van der Waals surface area contributed by atoms with Crippen molar-refractivity contribution >= 4 is 23.8 Å². The van der Waals surface area contributed by atoms with Crippen molar-refractivity contribution in [2.75, 3.05) is 68.8 Å². The van der Waals surface area contributed by atoms with Crippen molar-refractivity contribution in [2.24, 2.45) is 11.3 Å². The van der Waals surface area contributed by atoms with E-state index in [-0.39, 0.29) is 12.4 Å². The van der Waals surface area contributed by atoms with Gasteiger partial charge in [-0.3, -0.25) is 4.90 Å². The van der Waals surface area contributed by atoms with Crippen LogP contribution in [0.25, 0.3) is 0 Å². The summed E-state index contributed by atoms with van der Waals surface area (Å²) >= 11 is 0. The molecule has 0 aromatic heterocycles. The van der Waals surface area contributed by atoms with Crippen LogP contribution < -0.4 is 9.80 Å². The van der Waals surface area contributed by atoms with Crippen LogP contribution in [0.3, 0.4) is 0 Å². The molecule has 1 aromatic rings. The van der Waals surface area contributed by atoms with Gasteiger partial charge in [0.15, 0.2) is 0 Å². The fourth-order valence-corrected chi connectivity index (χ4v) is 7.18. The lowest BCUT2D eigenvalue weighted by Gasteiger charge is -2.41. The molecule has 0 N–H and O–H groups in total. The first-order chi connectivity index (χ1) is 15.8. The molecule has 33 heavy (non-hydrogen) atoms. The topological polar surface area (TPSA) is 19.0 Å². The quantitative estimate of drug-likeness (QED) is 0.546. The van der Waals surface area contributed by atoms with Crippen molar-refractivity contribution in [3.05, 3.63) is 23.8 Å². The Hall–Kier alpha value is -0.970. The highest BCUT2D eigenvalue weighted by Gasteiger charge is 2.38. The molecule has 2 heterocycles.